The van der Waals surface area contributed by atoms with Crippen LogP contribution in [0.15, 0.2) is 54.6 Å². The quantitative estimate of drug-likeness (QED) is 0.513. The van der Waals surface area contributed by atoms with Crippen molar-refractivity contribution in [3.8, 4) is 11.4 Å². The molecule has 0 saturated carbocycles. The minimum Gasteiger partial charge on any atom is -0.497 e. The van der Waals surface area contributed by atoms with Crippen molar-refractivity contribution in [2.24, 2.45) is 0 Å². The normalized spacial score (nSPS) is 11.2. The number of anilines is 1. The molecule has 0 unspecified atom stereocenters. The first-order chi connectivity index (χ1) is 13.7. The maximum Gasteiger partial charge on any atom is 0.269 e. The van der Waals surface area contributed by atoms with Gasteiger partial charge in [-0.05, 0) is 36.4 Å². The number of rotatable bonds is 5. The summed E-state index contributed by atoms with van der Waals surface area (Å²) in [6.45, 7) is 6.06. The van der Waals surface area contributed by atoms with Gasteiger partial charge in [0.2, 0.25) is 0 Å². The zero-order valence-electron chi connectivity index (χ0n) is 16.7. The number of methoxy groups -OCH3 is 1. The molecule has 29 heavy (non-hydrogen) atoms. The van der Waals surface area contributed by atoms with Gasteiger partial charge in [0, 0.05) is 29.2 Å². The standard InChI is InChI=1S/C21H22N4O4/c1-21(2,3)18-13-19(22-20(26)14-5-11-17(29-4)12-6-14)24(23-18)15-7-9-16(10-8-15)25(27)28/h5-13H,1-4H3,(H,22,26). The van der Waals surface area contributed by atoms with E-state index in [4.69, 9.17) is 4.74 Å². The van der Waals surface area contributed by atoms with Gasteiger partial charge in [-0.2, -0.15) is 5.10 Å². The number of hydrogen-bond acceptors (Lipinski definition) is 5. The van der Waals surface area contributed by atoms with E-state index in [0.717, 1.165) is 5.69 Å². The lowest BCUT2D eigenvalue weighted by Crippen LogP contribution is -2.15. The summed E-state index contributed by atoms with van der Waals surface area (Å²) in [7, 11) is 1.56. The van der Waals surface area contributed by atoms with Gasteiger partial charge < -0.3 is 10.1 Å². The van der Waals surface area contributed by atoms with Crippen LogP contribution in [-0.2, 0) is 5.41 Å². The predicted molar refractivity (Wildman–Crippen MR) is 110 cm³/mol. The Morgan fingerprint density at radius 2 is 1.72 bits per heavy atom. The first kappa shape index (κ1) is 20.1. The van der Waals surface area contributed by atoms with E-state index in [-0.39, 0.29) is 17.0 Å². The topological polar surface area (TPSA) is 99.3 Å². The molecular formula is C21H22N4O4. The molecule has 8 heteroatoms. The molecule has 0 aliphatic rings. The summed E-state index contributed by atoms with van der Waals surface area (Å²) in [6.07, 6.45) is 0. The fourth-order valence-corrected chi connectivity index (χ4v) is 2.68. The van der Waals surface area contributed by atoms with Gasteiger partial charge in [-0.25, -0.2) is 4.68 Å². The highest BCUT2D eigenvalue weighted by Crippen LogP contribution is 2.27. The molecule has 1 heterocycles. The Bertz CT molecular complexity index is 1030. The Hall–Kier alpha value is -3.68. The first-order valence-electron chi connectivity index (χ1n) is 9.00. The molecule has 3 rings (SSSR count). The van der Waals surface area contributed by atoms with Crippen LogP contribution in [0, 0.1) is 10.1 Å². The van der Waals surface area contributed by atoms with Gasteiger partial charge in [-0.3, -0.25) is 14.9 Å². The van der Waals surface area contributed by atoms with Crippen molar-refractivity contribution in [2.45, 2.75) is 26.2 Å². The first-order valence-corrected chi connectivity index (χ1v) is 9.00. The highest BCUT2D eigenvalue weighted by atomic mass is 16.6. The molecule has 1 amide bonds. The second-order valence-corrected chi connectivity index (χ2v) is 7.53. The Morgan fingerprint density at radius 1 is 1.10 bits per heavy atom. The number of amides is 1. The van der Waals surface area contributed by atoms with Crippen LogP contribution in [-0.4, -0.2) is 27.7 Å². The van der Waals surface area contributed by atoms with Crippen molar-refractivity contribution in [1.82, 2.24) is 9.78 Å². The summed E-state index contributed by atoms with van der Waals surface area (Å²) in [5.74, 6) is 0.841. The zero-order chi connectivity index (χ0) is 21.2. The smallest absolute Gasteiger partial charge is 0.269 e. The zero-order valence-corrected chi connectivity index (χ0v) is 16.7. The van der Waals surface area contributed by atoms with Gasteiger partial charge >= 0.3 is 0 Å². The van der Waals surface area contributed by atoms with Crippen LogP contribution in [0.1, 0.15) is 36.8 Å². The monoisotopic (exact) mass is 394 g/mol. The van der Waals surface area contributed by atoms with Crippen LogP contribution in [0.4, 0.5) is 11.5 Å². The van der Waals surface area contributed by atoms with Crippen molar-refractivity contribution in [3.63, 3.8) is 0 Å². The van der Waals surface area contributed by atoms with Gasteiger partial charge in [0.1, 0.15) is 11.6 Å². The maximum atomic E-state index is 12.7. The molecule has 0 aliphatic carbocycles. The summed E-state index contributed by atoms with van der Waals surface area (Å²) < 4.78 is 6.69. The number of aromatic nitrogens is 2. The van der Waals surface area contributed by atoms with E-state index in [1.165, 1.54) is 12.1 Å². The number of nitro groups is 1. The van der Waals surface area contributed by atoms with Crippen molar-refractivity contribution in [1.29, 1.82) is 0 Å². The third kappa shape index (κ3) is 4.43. The van der Waals surface area contributed by atoms with Crippen LogP contribution in [0.2, 0.25) is 0 Å². The second-order valence-electron chi connectivity index (χ2n) is 7.53. The Kier molecular flexibility index (Phi) is 5.36. The Balaban J connectivity index is 1.96. The molecule has 0 saturated heterocycles. The lowest BCUT2D eigenvalue weighted by atomic mass is 9.92. The van der Waals surface area contributed by atoms with Gasteiger partial charge in [0.05, 0.1) is 23.4 Å². The summed E-state index contributed by atoms with van der Waals surface area (Å²) >= 11 is 0. The number of carbonyl (C=O) groups excluding carboxylic acids is 1. The van der Waals surface area contributed by atoms with Gasteiger partial charge in [0.25, 0.3) is 11.6 Å². The minimum atomic E-state index is -0.459. The van der Waals surface area contributed by atoms with Gasteiger partial charge in [-0.1, -0.05) is 20.8 Å². The third-order valence-electron chi connectivity index (χ3n) is 4.38. The molecule has 1 aromatic heterocycles. The number of carbonyl (C=O) groups is 1. The van der Waals surface area contributed by atoms with Crippen molar-refractivity contribution in [2.75, 3.05) is 12.4 Å². The fraction of sp³-hybridized carbons (Fsp3) is 0.238. The van der Waals surface area contributed by atoms with E-state index < -0.39 is 4.92 Å². The second kappa shape index (κ2) is 7.75. The molecule has 150 valence electrons. The average Bonchev–Trinajstić information content (AvgIpc) is 3.12. The van der Waals surface area contributed by atoms with Crippen molar-refractivity contribution in [3.05, 3.63) is 76.0 Å². The molecular weight excluding hydrogens is 372 g/mol. The van der Waals surface area contributed by atoms with Gasteiger partial charge in [-0.15, -0.1) is 0 Å². The highest BCUT2D eigenvalue weighted by molar-refractivity contribution is 6.04. The van der Waals surface area contributed by atoms with E-state index in [9.17, 15) is 14.9 Å². The molecule has 0 atom stereocenters. The lowest BCUT2D eigenvalue weighted by Gasteiger charge is -2.14. The number of nitrogens with one attached hydrogen (secondary N) is 1. The number of hydrogen-bond donors (Lipinski definition) is 1. The molecule has 3 aromatic rings. The number of nitro benzene ring substituents is 1. The number of benzene rings is 2. The maximum absolute atomic E-state index is 12.7. The molecule has 2 aromatic carbocycles. The SMILES string of the molecule is COc1ccc(C(=O)Nc2cc(C(C)(C)C)nn2-c2ccc([N+](=O)[O-])cc2)cc1. The average molecular weight is 394 g/mol. The number of nitrogens with zero attached hydrogens (tertiary/aromatic N) is 3. The number of ether oxygens (including phenoxy) is 1. The van der Waals surface area contributed by atoms with E-state index in [1.807, 2.05) is 26.8 Å². The van der Waals surface area contributed by atoms with Crippen LogP contribution in [0.5, 0.6) is 5.75 Å². The summed E-state index contributed by atoms with van der Waals surface area (Å²) in [5.41, 5.74) is 1.60. The molecule has 0 spiro atoms. The molecule has 8 nitrogen and oxygen atoms in total. The van der Waals surface area contributed by atoms with E-state index in [2.05, 4.69) is 10.4 Å². The van der Waals surface area contributed by atoms with E-state index in [1.54, 1.807) is 48.2 Å². The minimum absolute atomic E-state index is 0.0132. The summed E-state index contributed by atoms with van der Waals surface area (Å²) in [5, 5.41) is 18.4. The molecule has 0 radical (unpaired) electrons. The largest absolute Gasteiger partial charge is 0.497 e. The van der Waals surface area contributed by atoms with E-state index >= 15 is 0 Å². The molecule has 0 bridgehead atoms. The summed E-state index contributed by atoms with van der Waals surface area (Å²) in [6, 6.07) is 14.6. The fourth-order valence-electron chi connectivity index (χ4n) is 2.68. The molecule has 0 aliphatic heterocycles. The third-order valence-corrected chi connectivity index (χ3v) is 4.38. The van der Waals surface area contributed by atoms with Gasteiger partial charge in [0.15, 0.2) is 0 Å². The van der Waals surface area contributed by atoms with Crippen LogP contribution >= 0.6 is 0 Å². The Morgan fingerprint density at radius 3 is 2.24 bits per heavy atom. The predicted octanol–water partition coefficient (Wildman–Crippen LogP) is 4.34. The van der Waals surface area contributed by atoms with Crippen LogP contribution in [0.3, 0.4) is 0 Å². The molecule has 0 fully saturated rings. The van der Waals surface area contributed by atoms with Crippen molar-refractivity contribution < 1.29 is 14.5 Å². The highest BCUT2D eigenvalue weighted by Gasteiger charge is 2.22. The van der Waals surface area contributed by atoms with Crippen molar-refractivity contribution >= 4 is 17.4 Å². The Labute approximate surface area is 168 Å². The van der Waals surface area contributed by atoms with E-state index in [0.29, 0.717) is 22.8 Å². The lowest BCUT2D eigenvalue weighted by molar-refractivity contribution is -0.384. The van der Waals surface area contributed by atoms with Crippen LogP contribution in [0.25, 0.3) is 5.69 Å². The molecule has 1 N–H and O–H groups in total. The van der Waals surface area contributed by atoms with Crippen LogP contribution < -0.4 is 10.1 Å². The summed E-state index contributed by atoms with van der Waals surface area (Å²) in [4.78, 5) is 23.2. The number of non-ortho nitro benzene ring substituents is 1.